The van der Waals surface area contributed by atoms with Crippen molar-refractivity contribution >= 4 is 11.6 Å². The fourth-order valence-electron chi connectivity index (χ4n) is 1.76. The van der Waals surface area contributed by atoms with Crippen LogP contribution < -0.4 is 0 Å². The Balaban J connectivity index is 3.23. The van der Waals surface area contributed by atoms with E-state index in [1.165, 1.54) is 0 Å². The number of nitriles is 1. The van der Waals surface area contributed by atoms with Gasteiger partial charge < -0.3 is 4.90 Å². The highest BCUT2D eigenvalue weighted by molar-refractivity contribution is 5.95. The number of rotatable bonds is 5. The van der Waals surface area contributed by atoms with Crippen molar-refractivity contribution in [3.63, 3.8) is 0 Å². The van der Waals surface area contributed by atoms with Crippen LogP contribution in [-0.2, 0) is 0 Å². The zero-order chi connectivity index (χ0) is 16.2. The number of carbonyl (C=O) groups is 1. The van der Waals surface area contributed by atoms with E-state index in [9.17, 15) is 23.7 Å². The molecule has 0 saturated heterocycles. The predicted molar refractivity (Wildman–Crippen MR) is 69.4 cm³/mol. The summed E-state index contributed by atoms with van der Waals surface area (Å²) in [6.45, 7) is 3.36. The van der Waals surface area contributed by atoms with Gasteiger partial charge in [-0.1, -0.05) is 0 Å². The molecular weight excluding hydrogens is 284 g/mol. The van der Waals surface area contributed by atoms with Crippen LogP contribution in [0.3, 0.4) is 0 Å². The zero-order valence-electron chi connectivity index (χ0n) is 11.5. The third-order valence-electron chi connectivity index (χ3n) is 2.83. The molecule has 1 aromatic carbocycles. The van der Waals surface area contributed by atoms with Gasteiger partial charge in [0.15, 0.2) is 0 Å². The van der Waals surface area contributed by atoms with Gasteiger partial charge in [-0.15, -0.1) is 0 Å². The summed E-state index contributed by atoms with van der Waals surface area (Å²) in [5, 5.41) is 19.4. The second-order valence-electron chi connectivity index (χ2n) is 4.42. The molecule has 1 unspecified atom stereocenters. The van der Waals surface area contributed by atoms with Gasteiger partial charge in [-0.2, -0.15) is 9.65 Å². The molecule has 0 aliphatic heterocycles. The van der Waals surface area contributed by atoms with Crippen molar-refractivity contribution in [2.24, 2.45) is 5.92 Å². The van der Waals surface area contributed by atoms with Crippen molar-refractivity contribution in [3.05, 3.63) is 39.4 Å². The first-order chi connectivity index (χ1) is 9.81. The molecule has 0 aromatic heterocycles. The molecule has 6 nitrogen and oxygen atoms in total. The number of nitrogens with zero attached hydrogens (tertiary/aromatic N) is 3. The maximum Gasteiger partial charge on any atom is 0.308 e. The van der Waals surface area contributed by atoms with Gasteiger partial charge in [0, 0.05) is 13.1 Å². The molecule has 8 heteroatoms. The second-order valence-corrected chi connectivity index (χ2v) is 4.42. The van der Waals surface area contributed by atoms with E-state index in [1.807, 2.05) is 6.07 Å². The van der Waals surface area contributed by atoms with Gasteiger partial charge >= 0.3 is 5.69 Å². The van der Waals surface area contributed by atoms with Crippen molar-refractivity contribution in [3.8, 4) is 6.07 Å². The fourth-order valence-corrected chi connectivity index (χ4v) is 1.76. The molecule has 0 saturated carbocycles. The molecule has 0 N–H and O–H groups in total. The van der Waals surface area contributed by atoms with Crippen LogP contribution in [0.5, 0.6) is 0 Å². The van der Waals surface area contributed by atoms with E-state index in [2.05, 4.69) is 0 Å². The number of nitro groups is 1. The third kappa shape index (κ3) is 3.72. The quantitative estimate of drug-likeness (QED) is 0.617. The van der Waals surface area contributed by atoms with Crippen LogP contribution in [0.1, 0.15) is 24.2 Å². The van der Waals surface area contributed by atoms with Crippen LogP contribution in [0.4, 0.5) is 14.5 Å². The summed E-state index contributed by atoms with van der Waals surface area (Å²) in [7, 11) is 0. The van der Waals surface area contributed by atoms with Crippen LogP contribution in [0.25, 0.3) is 0 Å². The van der Waals surface area contributed by atoms with E-state index in [4.69, 9.17) is 5.26 Å². The van der Waals surface area contributed by atoms with Crippen LogP contribution in [0.2, 0.25) is 0 Å². The van der Waals surface area contributed by atoms with Crippen LogP contribution in [-0.4, -0.2) is 28.8 Å². The average molecular weight is 297 g/mol. The van der Waals surface area contributed by atoms with Crippen LogP contribution >= 0.6 is 0 Å². The van der Waals surface area contributed by atoms with E-state index in [-0.39, 0.29) is 13.1 Å². The predicted octanol–water partition coefficient (Wildman–Crippen LogP) is 2.49. The number of hydrogen-bond acceptors (Lipinski definition) is 4. The monoisotopic (exact) mass is 297 g/mol. The number of halogens is 2. The molecule has 21 heavy (non-hydrogen) atoms. The van der Waals surface area contributed by atoms with Gasteiger partial charge in [0.2, 0.25) is 5.82 Å². The SMILES string of the molecule is CCN(CC(C)C#N)C(=O)c1cc(F)cc([N+](=O)[O-])c1F. The zero-order valence-corrected chi connectivity index (χ0v) is 11.5. The Morgan fingerprint density at radius 1 is 1.52 bits per heavy atom. The first-order valence-electron chi connectivity index (χ1n) is 6.14. The average Bonchev–Trinajstić information content (AvgIpc) is 2.45. The molecule has 112 valence electrons. The molecule has 0 spiro atoms. The highest BCUT2D eigenvalue weighted by Crippen LogP contribution is 2.23. The summed E-state index contributed by atoms with van der Waals surface area (Å²) in [6.07, 6.45) is 0. The Hall–Kier alpha value is -2.56. The van der Waals surface area contributed by atoms with Crippen molar-refractivity contribution in [1.29, 1.82) is 5.26 Å². The number of hydrogen-bond donors (Lipinski definition) is 0. The largest absolute Gasteiger partial charge is 0.338 e. The molecule has 1 amide bonds. The third-order valence-corrected chi connectivity index (χ3v) is 2.83. The number of amides is 1. The Bertz CT molecular complexity index is 613. The fraction of sp³-hybridized carbons (Fsp3) is 0.385. The van der Waals surface area contributed by atoms with Crippen molar-refractivity contribution in [2.75, 3.05) is 13.1 Å². The summed E-state index contributed by atoms with van der Waals surface area (Å²) in [4.78, 5) is 22.8. The number of benzene rings is 1. The van der Waals surface area contributed by atoms with Crippen molar-refractivity contribution in [2.45, 2.75) is 13.8 Å². The lowest BCUT2D eigenvalue weighted by Crippen LogP contribution is -2.35. The molecule has 0 heterocycles. The summed E-state index contributed by atoms with van der Waals surface area (Å²) in [5.74, 6) is -3.84. The lowest BCUT2D eigenvalue weighted by atomic mass is 10.1. The molecule has 1 aromatic rings. The van der Waals surface area contributed by atoms with Crippen molar-refractivity contribution < 1.29 is 18.5 Å². The summed E-state index contributed by atoms with van der Waals surface area (Å²) < 4.78 is 27.3. The minimum absolute atomic E-state index is 0.0234. The van der Waals surface area contributed by atoms with Crippen LogP contribution in [0.15, 0.2) is 12.1 Å². The van der Waals surface area contributed by atoms with Crippen molar-refractivity contribution in [1.82, 2.24) is 4.90 Å². The lowest BCUT2D eigenvalue weighted by molar-refractivity contribution is -0.387. The molecule has 0 bridgehead atoms. The maximum atomic E-state index is 13.9. The lowest BCUT2D eigenvalue weighted by Gasteiger charge is -2.22. The van der Waals surface area contributed by atoms with Gasteiger partial charge in [0.1, 0.15) is 5.82 Å². The van der Waals surface area contributed by atoms with Gasteiger partial charge in [-0.05, 0) is 19.9 Å². The minimum atomic E-state index is -1.38. The van der Waals surface area contributed by atoms with Gasteiger partial charge in [0.05, 0.1) is 28.5 Å². The Kier molecular flexibility index (Phi) is 5.30. The van der Waals surface area contributed by atoms with E-state index in [0.29, 0.717) is 12.1 Å². The molecule has 0 aliphatic carbocycles. The molecular formula is C13H13F2N3O3. The van der Waals surface area contributed by atoms with Gasteiger partial charge in [-0.25, -0.2) is 4.39 Å². The van der Waals surface area contributed by atoms with E-state index in [0.717, 1.165) is 4.90 Å². The van der Waals surface area contributed by atoms with Crippen LogP contribution in [0, 0.1) is 39.0 Å². The highest BCUT2D eigenvalue weighted by atomic mass is 19.1. The molecule has 1 rings (SSSR count). The number of nitro benzene ring substituents is 1. The number of carbonyl (C=O) groups excluding carboxylic acids is 1. The Labute approximate surface area is 119 Å². The molecule has 0 fully saturated rings. The Morgan fingerprint density at radius 2 is 2.14 bits per heavy atom. The normalized spacial score (nSPS) is 11.6. The van der Waals surface area contributed by atoms with E-state index in [1.54, 1.807) is 13.8 Å². The molecule has 0 radical (unpaired) electrons. The van der Waals surface area contributed by atoms with Gasteiger partial charge in [0.25, 0.3) is 5.91 Å². The smallest absolute Gasteiger partial charge is 0.308 e. The minimum Gasteiger partial charge on any atom is -0.338 e. The van der Waals surface area contributed by atoms with Gasteiger partial charge in [-0.3, -0.25) is 14.9 Å². The topological polar surface area (TPSA) is 87.2 Å². The second kappa shape index (κ2) is 6.74. The molecule has 1 atom stereocenters. The maximum absolute atomic E-state index is 13.9. The molecule has 0 aliphatic rings. The first-order valence-corrected chi connectivity index (χ1v) is 6.14. The standard InChI is InChI=1S/C13H13F2N3O3/c1-3-17(7-8(2)6-16)13(19)10-4-9(14)5-11(12(10)15)18(20)21/h4-5,8H,3,7H2,1-2H3. The summed E-state index contributed by atoms with van der Waals surface area (Å²) in [6, 6.07) is 2.95. The Morgan fingerprint density at radius 3 is 2.62 bits per heavy atom. The van der Waals surface area contributed by atoms with E-state index >= 15 is 0 Å². The van der Waals surface area contributed by atoms with E-state index < -0.39 is 39.6 Å². The highest BCUT2D eigenvalue weighted by Gasteiger charge is 2.27. The summed E-state index contributed by atoms with van der Waals surface area (Å²) in [5.41, 5.74) is -1.81. The first kappa shape index (κ1) is 16.5. The summed E-state index contributed by atoms with van der Waals surface area (Å²) >= 11 is 0.